The molecule has 0 radical (unpaired) electrons. The van der Waals surface area contributed by atoms with E-state index in [1.807, 2.05) is 0 Å². The highest BCUT2D eigenvalue weighted by Crippen LogP contribution is 1.95. The van der Waals surface area contributed by atoms with Crippen LogP contribution in [0.3, 0.4) is 0 Å². The molecular formula is C5H10N3O3S+. The minimum Gasteiger partial charge on any atom is -0.281 e. The number of hydrogen-bond acceptors (Lipinski definition) is 3. The molecule has 0 spiro atoms. The number of hydrogen-bond donors (Lipinski definition) is 2. The SMILES string of the molecule is Cn1cc[n+](C(N)S(=O)(=O)O)c1. The van der Waals surface area contributed by atoms with E-state index in [1.54, 1.807) is 17.8 Å². The number of aryl methyl sites for hydroxylation is 1. The Morgan fingerprint density at radius 1 is 1.67 bits per heavy atom. The maximum Gasteiger partial charge on any atom is 0.322 e. The van der Waals surface area contributed by atoms with Crippen LogP contribution in [0.15, 0.2) is 18.7 Å². The van der Waals surface area contributed by atoms with Gasteiger partial charge in [-0.1, -0.05) is 0 Å². The number of nitrogens with two attached hydrogens (primary N) is 1. The van der Waals surface area contributed by atoms with Gasteiger partial charge < -0.3 is 0 Å². The molecular weight excluding hydrogens is 182 g/mol. The van der Waals surface area contributed by atoms with Gasteiger partial charge in [0.15, 0.2) is 0 Å². The number of imidazole rings is 1. The lowest BCUT2D eigenvalue weighted by Crippen LogP contribution is -2.47. The van der Waals surface area contributed by atoms with Crippen LogP contribution in [0.4, 0.5) is 0 Å². The van der Waals surface area contributed by atoms with Crippen LogP contribution >= 0.6 is 0 Å². The van der Waals surface area contributed by atoms with Gasteiger partial charge in [0.25, 0.3) is 5.50 Å². The van der Waals surface area contributed by atoms with Crippen LogP contribution in [-0.2, 0) is 17.2 Å². The first-order valence-corrected chi connectivity index (χ1v) is 4.66. The second-order valence-electron chi connectivity index (χ2n) is 2.43. The summed E-state index contributed by atoms with van der Waals surface area (Å²) in [4.78, 5) is 0. The molecule has 1 aromatic rings. The topological polar surface area (TPSA) is 89.2 Å². The van der Waals surface area contributed by atoms with Crippen molar-refractivity contribution in [2.75, 3.05) is 0 Å². The molecule has 6 nitrogen and oxygen atoms in total. The zero-order valence-electron chi connectivity index (χ0n) is 6.45. The van der Waals surface area contributed by atoms with Crippen molar-refractivity contribution in [2.24, 2.45) is 12.8 Å². The molecule has 0 aliphatic carbocycles. The normalized spacial score (nSPS) is 14.6. The van der Waals surface area contributed by atoms with Crippen LogP contribution in [0.5, 0.6) is 0 Å². The third-order valence-corrected chi connectivity index (χ3v) is 2.24. The first kappa shape index (κ1) is 9.17. The van der Waals surface area contributed by atoms with Gasteiger partial charge in [-0.25, -0.2) is 9.13 Å². The van der Waals surface area contributed by atoms with Crippen molar-refractivity contribution in [3.8, 4) is 0 Å². The molecule has 0 amide bonds. The lowest BCUT2D eigenvalue weighted by atomic mass is 10.9. The molecule has 68 valence electrons. The van der Waals surface area contributed by atoms with Gasteiger partial charge in [0, 0.05) is 0 Å². The maximum atomic E-state index is 10.5. The molecule has 0 bridgehead atoms. The van der Waals surface area contributed by atoms with E-state index in [2.05, 4.69) is 0 Å². The van der Waals surface area contributed by atoms with Crippen LogP contribution < -0.4 is 10.3 Å². The summed E-state index contributed by atoms with van der Waals surface area (Å²) < 4.78 is 32.5. The lowest BCUT2D eigenvalue weighted by Gasteiger charge is -2.02. The van der Waals surface area contributed by atoms with E-state index in [0.29, 0.717) is 0 Å². The minimum atomic E-state index is -4.22. The summed E-state index contributed by atoms with van der Waals surface area (Å²) in [6.45, 7) is 0. The monoisotopic (exact) mass is 192 g/mol. The van der Waals surface area contributed by atoms with E-state index >= 15 is 0 Å². The highest BCUT2D eigenvalue weighted by molar-refractivity contribution is 7.85. The Labute approximate surface area is 70.0 Å². The first-order chi connectivity index (χ1) is 5.41. The molecule has 1 heterocycles. The average molecular weight is 192 g/mol. The van der Waals surface area contributed by atoms with Gasteiger partial charge in [0.05, 0.1) is 7.05 Å². The van der Waals surface area contributed by atoms with Crippen LogP contribution in [0.25, 0.3) is 0 Å². The van der Waals surface area contributed by atoms with Gasteiger partial charge in [0.2, 0.25) is 6.33 Å². The second kappa shape index (κ2) is 2.85. The lowest BCUT2D eigenvalue weighted by molar-refractivity contribution is -0.701. The van der Waals surface area contributed by atoms with Gasteiger partial charge in [-0.15, -0.1) is 0 Å². The van der Waals surface area contributed by atoms with Crippen molar-refractivity contribution >= 4 is 10.1 Å². The van der Waals surface area contributed by atoms with Crippen molar-refractivity contribution in [1.29, 1.82) is 0 Å². The van der Waals surface area contributed by atoms with E-state index in [1.165, 1.54) is 17.1 Å². The Balaban J connectivity index is 3.01. The zero-order valence-corrected chi connectivity index (χ0v) is 7.27. The summed E-state index contributed by atoms with van der Waals surface area (Å²) in [5.41, 5.74) is 3.77. The summed E-state index contributed by atoms with van der Waals surface area (Å²) in [7, 11) is -2.50. The van der Waals surface area contributed by atoms with E-state index in [9.17, 15) is 8.42 Å². The maximum absolute atomic E-state index is 10.5. The summed E-state index contributed by atoms with van der Waals surface area (Å²) >= 11 is 0. The highest BCUT2D eigenvalue weighted by atomic mass is 32.2. The van der Waals surface area contributed by atoms with E-state index < -0.39 is 15.6 Å². The molecule has 1 aromatic heterocycles. The second-order valence-corrected chi connectivity index (χ2v) is 3.94. The first-order valence-electron chi connectivity index (χ1n) is 3.16. The molecule has 0 saturated carbocycles. The standard InChI is InChI=1S/C5H9N3O3S/c1-7-2-3-8(4-7)5(6)12(9,10)11/h2-5H,6H2,1H3/p+1. The zero-order chi connectivity index (χ0) is 9.35. The Morgan fingerprint density at radius 2 is 2.25 bits per heavy atom. The van der Waals surface area contributed by atoms with Crippen molar-refractivity contribution < 1.29 is 17.5 Å². The highest BCUT2D eigenvalue weighted by Gasteiger charge is 2.24. The number of nitrogens with zero attached hydrogens (tertiary/aromatic N) is 2. The quantitative estimate of drug-likeness (QED) is 0.446. The van der Waals surface area contributed by atoms with Crippen molar-refractivity contribution in [3.05, 3.63) is 18.7 Å². The summed E-state index contributed by atoms with van der Waals surface area (Å²) in [6, 6.07) is 0. The molecule has 1 atom stereocenters. The molecule has 0 fully saturated rings. The largest absolute Gasteiger partial charge is 0.322 e. The fourth-order valence-corrected chi connectivity index (χ4v) is 1.21. The third kappa shape index (κ3) is 1.81. The fourth-order valence-electron chi connectivity index (χ4n) is 0.774. The van der Waals surface area contributed by atoms with Crippen LogP contribution in [0.2, 0.25) is 0 Å². The van der Waals surface area contributed by atoms with Crippen molar-refractivity contribution in [3.63, 3.8) is 0 Å². The van der Waals surface area contributed by atoms with Gasteiger partial charge >= 0.3 is 10.1 Å². The molecule has 0 aromatic carbocycles. The van der Waals surface area contributed by atoms with E-state index in [4.69, 9.17) is 10.3 Å². The molecule has 0 saturated heterocycles. The van der Waals surface area contributed by atoms with Gasteiger partial charge in [-0.3, -0.25) is 10.3 Å². The predicted molar refractivity (Wildman–Crippen MR) is 40.4 cm³/mol. The average Bonchev–Trinajstić information content (AvgIpc) is 2.32. The number of aromatic nitrogens is 2. The van der Waals surface area contributed by atoms with Crippen LogP contribution in [0, 0.1) is 0 Å². The Morgan fingerprint density at radius 3 is 2.58 bits per heavy atom. The summed E-state index contributed by atoms with van der Waals surface area (Å²) in [6.07, 6.45) is 4.53. The van der Waals surface area contributed by atoms with Crippen molar-refractivity contribution in [2.45, 2.75) is 5.50 Å². The summed E-state index contributed by atoms with van der Waals surface area (Å²) in [5.74, 6) is 0. The third-order valence-electron chi connectivity index (χ3n) is 1.39. The molecule has 0 aliphatic rings. The Hall–Kier alpha value is -0.920. The fraction of sp³-hybridized carbons (Fsp3) is 0.400. The number of rotatable bonds is 2. The molecule has 1 unspecified atom stereocenters. The van der Waals surface area contributed by atoms with E-state index in [0.717, 1.165) is 0 Å². The van der Waals surface area contributed by atoms with Crippen LogP contribution in [-0.4, -0.2) is 17.5 Å². The van der Waals surface area contributed by atoms with Gasteiger partial charge in [-0.2, -0.15) is 8.42 Å². The van der Waals surface area contributed by atoms with Crippen molar-refractivity contribution in [1.82, 2.24) is 4.57 Å². The molecule has 12 heavy (non-hydrogen) atoms. The van der Waals surface area contributed by atoms with Gasteiger partial charge in [-0.05, 0) is 0 Å². The minimum absolute atomic E-state index is 1.19. The molecule has 7 heteroatoms. The summed E-state index contributed by atoms with van der Waals surface area (Å²) in [5, 5.41) is 0. The van der Waals surface area contributed by atoms with Crippen LogP contribution in [0.1, 0.15) is 5.50 Å². The Kier molecular flexibility index (Phi) is 2.18. The molecule has 0 aliphatic heterocycles. The molecule has 1 rings (SSSR count). The van der Waals surface area contributed by atoms with E-state index in [-0.39, 0.29) is 0 Å². The smallest absolute Gasteiger partial charge is 0.281 e. The predicted octanol–water partition coefficient (Wildman–Crippen LogP) is -1.38. The van der Waals surface area contributed by atoms with Gasteiger partial charge in [0.1, 0.15) is 12.4 Å². The molecule has 3 N–H and O–H groups in total. The Bertz CT molecular complexity index is 369.